The predicted molar refractivity (Wildman–Crippen MR) is 117 cm³/mol. The molecule has 0 saturated carbocycles. The number of rotatable bonds is 5. The molecule has 0 bridgehead atoms. The normalized spacial score (nSPS) is 20.4. The summed E-state index contributed by atoms with van der Waals surface area (Å²) in [4.78, 5) is 26.2. The van der Waals surface area contributed by atoms with Gasteiger partial charge in [-0.05, 0) is 17.5 Å². The average molecular weight is 435 g/mol. The van der Waals surface area contributed by atoms with Crippen molar-refractivity contribution in [3.05, 3.63) is 82.4 Å². The molecule has 1 heterocycles. The van der Waals surface area contributed by atoms with E-state index in [1.165, 1.54) is 21.3 Å². The van der Waals surface area contributed by atoms with Crippen molar-refractivity contribution in [3.8, 4) is 11.5 Å². The van der Waals surface area contributed by atoms with E-state index in [1.54, 1.807) is 18.2 Å². The van der Waals surface area contributed by atoms with Crippen molar-refractivity contribution >= 4 is 11.8 Å². The van der Waals surface area contributed by atoms with Crippen LogP contribution in [0.1, 0.15) is 35.8 Å². The van der Waals surface area contributed by atoms with Crippen molar-refractivity contribution < 1.29 is 28.5 Å². The highest BCUT2D eigenvalue weighted by Crippen LogP contribution is 2.50. The van der Waals surface area contributed by atoms with Crippen LogP contribution < -0.4 is 15.2 Å². The Morgan fingerprint density at radius 1 is 1.00 bits per heavy atom. The number of esters is 1. The van der Waals surface area contributed by atoms with Gasteiger partial charge in [0.1, 0.15) is 11.3 Å². The van der Waals surface area contributed by atoms with E-state index in [0.717, 1.165) is 5.56 Å². The van der Waals surface area contributed by atoms with Gasteiger partial charge in [-0.3, -0.25) is 4.79 Å². The zero-order valence-corrected chi connectivity index (χ0v) is 18.2. The molecule has 2 aromatic carbocycles. The third kappa shape index (κ3) is 3.60. The van der Waals surface area contributed by atoms with Crippen LogP contribution in [0.5, 0.6) is 11.5 Å². The van der Waals surface area contributed by atoms with E-state index < -0.39 is 11.9 Å². The van der Waals surface area contributed by atoms with E-state index >= 15 is 0 Å². The van der Waals surface area contributed by atoms with Crippen molar-refractivity contribution in [2.75, 3.05) is 21.3 Å². The molecule has 2 N–H and O–H groups in total. The number of ether oxygens (including phenoxy) is 4. The second-order valence-electron chi connectivity index (χ2n) is 7.66. The number of para-hydroxylation sites is 1. The monoisotopic (exact) mass is 435 g/mol. The molecule has 0 spiro atoms. The maximum Gasteiger partial charge on any atom is 0.340 e. The summed E-state index contributed by atoms with van der Waals surface area (Å²) in [6, 6.07) is 15.1. The van der Waals surface area contributed by atoms with Crippen LogP contribution in [-0.2, 0) is 19.1 Å². The molecule has 2 atom stereocenters. The molecule has 166 valence electrons. The Morgan fingerprint density at radius 2 is 1.75 bits per heavy atom. The largest absolute Gasteiger partial charge is 0.493 e. The highest BCUT2D eigenvalue weighted by atomic mass is 16.5. The highest BCUT2D eigenvalue weighted by molar-refractivity contribution is 6.04. The Morgan fingerprint density at radius 3 is 2.41 bits per heavy atom. The fourth-order valence-electron chi connectivity index (χ4n) is 4.53. The number of hydrogen-bond acceptors (Lipinski definition) is 7. The van der Waals surface area contributed by atoms with Crippen molar-refractivity contribution in [3.63, 3.8) is 0 Å². The minimum absolute atomic E-state index is 0.0391. The lowest BCUT2D eigenvalue weighted by atomic mass is 9.73. The van der Waals surface area contributed by atoms with Crippen LogP contribution in [0.15, 0.2) is 71.3 Å². The maximum absolute atomic E-state index is 13.5. The minimum atomic E-state index is -0.791. The van der Waals surface area contributed by atoms with Gasteiger partial charge in [0, 0.05) is 24.0 Å². The summed E-state index contributed by atoms with van der Waals surface area (Å²) in [6.45, 7) is 0. The summed E-state index contributed by atoms with van der Waals surface area (Å²) < 4.78 is 21.9. The van der Waals surface area contributed by atoms with Crippen LogP contribution in [0.25, 0.3) is 0 Å². The number of carbonyl (C=O) groups excluding carboxylic acids is 2. The number of benzene rings is 2. The van der Waals surface area contributed by atoms with Gasteiger partial charge in [0.05, 0.1) is 27.2 Å². The molecule has 32 heavy (non-hydrogen) atoms. The topological polar surface area (TPSA) is 97.1 Å². The molecule has 2 unspecified atom stereocenters. The van der Waals surface area contributed by atoms with Gasteiger partial charge in [-0.25, -0.2) is 4.79 Å². The summed E-state index contributed by atoms with van der Waals surface area (Å²) in [5.74, 6) is -0.316. The number of hydrogen-bond donors (Lipinski definition) is 1. The Bertz CT molecular complexity index is 1120. The second kappa shape index (κ2) is 8.78. The zero-order valence-electron chi connectivity index (χ0n) is 18.2. The Balaban J connectivity index is 1.88. The van der Waals surface area contributed by atoms with E-state index in [4.69, 9.17) is 24.7 Å². The van der Waals surface area contributed by atoms with Crippen LogP contribution in [0.2, 0.25) is 0 Å². The Hall–Kier alpha value is -3.74. The van der Waals surface area contributed by atoms with Crippen molar-refractivity contribution in [2.24, 2.45) is 5.73 Å². The standard InChI is InChI=1S/C25H25NO6/c1-29-18-11-7-10-16(23(18)30-2)20-21-17(27)12-15(14-8-5-4-6-9-14)13-19(21)32-24(26)22(20)25(28)31-3/h4-11,15,20H,12-13,26H2,1-3H3. The molecule has 2 aromatic rings. The molecule has 0 radical (unpaired) electrons. The summed E-state index contributed by atoms with van der Waals surface area (Å²) >= 11 is 0. The van der Waals surface area contributed by atoms with E-state index in [1.807, 2.05) is 30.3 Å². The molecule has 0 aromatic heterocycles. The molecular weight excluding hydrogens is 410 g/mol. The quantitative estimate of drug-likeness (QED) is 0.717. The molecule has 7 heteroatoms. The predicted octanol–water partition coefficient (Wildman–Crippen LogP) is 3.56. The van der Waals surface area contributed by atoms with Crippen LogP contribution in [0, 0.1) is 0 Å². The fourth-order valence-corrected chi connectivity index (χ4v) is 4.53. The van der Waals surface area contributed by atoms with E-state index in [-0.39, 0.29) is 23.2 Å². The van der Waals surface area contributed by atoms with E-state index in [2.05, 4.69) is 0 Å². The molecule has 0 saturated heterocycles. The molecule has 4 rings (SSSR count). The van der Waals surface area contributed by atoms with Gasteiger partial charge in [-0.1, -0.05) is 42.5 Å². The number of carbonyl (C=O) groups is 2. The minimum Gasteiger partial charge on any atom is -0.493 e. The average Bonchev–Trinajstić information content (AvgIpc) is 2.82. The van der Waals surface area contributed by atoms with Crippen molar-refractivity contribution in [1.82, 2.24) is 0 Å². The number of Topliss-reactive ketones (excluding diaryl/α,β-unsaturated/α-hetero) is 1. The van der Waals surface area contributed by atoms with Crippen LogP contribution in [0.3, 0.4) is 0 Å². The van der Waals surface area contributed by atoms with Crippen LogP contribution >= 0.6 is 0 Å². The van der Waals surface area contributed by atoms with Crippen LogP contribution in [0.4, 0.5) is 0 Å². The van der Waals surface area contributed by atoms with Gasteiger partial charge in [0.2, 0.25) is 5.88 Å². The second-order valence-corrected chi connectivity index (χ2v) is 7.66. The fraction of sp³-hybridized carbons (Fsp3) is 0.280. The molecular formula is C25H25NO6. The van der Waals surface area contributed by atoms with Crippen molar-refractivity contribution in [1.29, 1.82) is 0 Å². The first kappa shape index (κ1) is 21.5. The van der Waals surface area contributed by atoms with E-state index in [0.29, 0.717) is 41.2 Å². The summed E-state index contributed by atoms with van der Waals surface area (Å²) in [5.41, 5.74) is 8.33. The summed E-state index contributed by atoms with van der Waals surface area (Å²) in [5, 5.41) is 0. The molecule has 0 amide bonds. The van der Waals surface area contributed by atoms with Gasteiger partial charge < -0.3 is 24.7 Å². The van der Waals surface area contributed by atoms with Gasteiger partial charge in [-0.2, -0.15) is 0 Å². The van der Waals surface area contributed by atoms with Gasteiger partial charge in [-0.15, -0.1) is 0 Å². The Labute approximate surface area is 186 Å². The molecule has 0 fully saturated rings. The number of ketones is 1. The summed E-state index contributed by atoms with van der Waals surface area (Å²) in [6.07, 6.45) is 0.784. The smallest absolute Gasteiger partial charge is 0.340 e. The molecule has 2 aliphatic rings. The van der Waals surface area contributed by atoms with E-state index in [9.17, 15) is 9.59 Å². The first-order valence-electron chi connectivity index (χ1n) is 10.3. The van der Waals surface area contributed by atoms with Crippen molar-refractivity contribution in [2.45, 2.75) is 24.7 Å². The summed E-state index contributed by atoms with van der Waals surface area (Å²) in [7, 11) is 4.30. The van der Waals surface area contributed by atoms with Gasteiger partial charge >= 0.3 is 5.97 Å². The van der Waals surface area contributed by atoms with Gasteiger partial charge in [0.25, 0.3) is 0 Å². The van der Waals surface area contributed by atoms with Gasteiger partial charge in [0.15, 0.2) is 17.3 Å². The Kier molecular flexibility index (Phi) is 5.90. The number of allylic oxidation sites excluding steroid dienone is 2. The third-order valence-electron chi connectivity index (χ3n) is 5.96. The van der Waals surface area contributed by atoms with Crippen LogP contribution in [-0.4, -0.2) is 33.1 Å². The first-order valence-corrected chi connectivity index (χ1v) is 10.3. The molecule has 1 aliphatic heterocycles. The lowest BCUT2D eigenvalue weighted by molar-refractivity contribution is -0.136. The lowest BCUT2D eigenvalue weighted by Gasteiger charge is -2.35. The zero-order chi connectivity index (χ0) is 22.8. The lowest BCUT2D eigenvalue weighted by Crippen LogP contribution is -2.33. The molecule has 7 nitrogen and oxygen atoms in total. The third-order valence-corrected chi connectivity index (χ3v) is 5.96. The highest BCUT2D eigenvalue weighted by Gasteiger charge is 2.44. The first-order chi connectivity index (χ1) is 15.5. The SMILES string of the molecule is COC(=O)C1=C(N)OC2=C(C(=O)CC(c3ccccc3)C2)C1c1cccc(OC)c1OC. The number of methoxy groups -OCH3 is 3. The maximum atomic E-state index is 13.5. The number of nitrogens with two attached hydrogens (primary N) is 1. The molecule has 1 aliphatic carbocycles.